The number of benzene rings is 1. The second-order valence-corrected chi connectivity index (χ2v) is 4.93. The summed E-state index contributed by atoms with van der Waals surface area (Å²) >= 11 is 6.16. The number of hydrogen-bond donors (Lipinski definition) is 1. The highest BCUT2D eigenvalue weighted by molar-refractivity contribution is 6.32. The summed E-state index contributed by atoms with van der Waals surface area (Å²) in [5, 5.41) is 10.5. The predicted molar refractivity (Wildman–Crippen MR) is 65.3 cm³/mol. The first-order chi connectivity index (χ1) is 7.58. The Bertz CT molecular complexity index is 397. The van der Waals surface area contributed by atoms with Crippen LogP contribution in [0.1, 0.15) is 30.9 Å². The molecule has 0 unspecified atom stereocenters. The lowest BCUT2D eigenvalue weighted by atomic mass is 10.0. The fourth-order valence-electron chi connectivity index (χ4n) is 2.01. The van der Waals surface area contributed by atoms with Crippen molar-refractivity contribution in [3.63, 3.8) is 0 Å². The number of aliphatic hydroxyl groups is 1. The van der Waals surface area contributed by atoms with E-state index < -0.39 is 5.60 Å². The Kier molecular flexibility index (Phi) is 3.13. The zero-order valence-corrected chi connectivity index (χ0v) is 10.5. The molecule has 16 heavy (non-hydrogen) atoms. The van der Waals surface area contributed by atoms with Gasteiger partial charge in [-0.15, -0.1) is 0 Å². The molecule has 2 rings (SSSR count). The maximum Gasteiger partial charge on any atom is 0.140 e. The molecule has 0 spiro atoms. The molecule has 0 aliphatic heterocycles. The highest BCUT2D eigenvalue weighted by Gasteiger charge is 2.40. The lowest BCUT2D eigenvalue weighted by Crippen LogP contribution is -2.11. The number of aryl methyl sites for hydroxylation is 1. The molecule has 1 saturated carbocycles. The lowest BCUT2D eigenvalue weighted by Gasteiger charge is -2.13. The summed E-state index contributed by atoms with van der Waals surface area (Å²) in [5.74, 6) is 0.760. The molecule has 0 heterocycles. The van der Waals surface area contributed by atoms with Crippen LogP contribution in [0.5, 0.6) is 5.75 Å². The summed E-state index contributed by atoms with van der Waals surface area (Å²) < 4.78 is 5.27. The Morgan fingerprint density at radius 1 is 1.44 bits per heavy atom. The first-order valence-electron chi connectivity index (χ1n) is 5.65. The van der Waals surface area contributed by atoms with E-state index in [4.69, 9.17) is 16.3 Å². The SMILES string of the molecule is CCc1cc(CC2(O)CC2)cc(Cl)c1OC. The van der Waals surface area contributed by atoms with Gasteiger partial charge in [-0.2, -0.15) is 0 Å². The van der Waals surface area contributed by atoms with Gasteiger partial charge >= 0.3 is 0 Å². The van der Waals surface area contributed by atoms with E-state index in [1.165, 1.54) is 0 Å². The van der Waals surface area contributed by atoms with Crippen LogP contribution in [0.4, 0.5) is 0 Å². The van der Waals surface area contributed by atoms with Gasteiger partial charge in [0.25, 0.3) is 0 Å². The van der Waals surface area contributed by atoms with E-state index in [0.717, 1.165) is 36.1 Å². The molecule has 0 atom stereocenters. The van der Waals surface area contributed by atoms with Crippen molar-refractivity contribution in [1.29, 1.82) is 0 Å². The molecular weight excluding hydrogens is 224 g/mol. The minimum absolute atomic E-state index is 0.469. The third-order valence-electron chi connectivity index (χ3n) is 3.13. The van der Waals surface area contributed by atoms with Gasteiger partial charge < -0.3 is 9.84 Å². The molecule has 1 aromatic carbocycles. The number of methoxy groups -OCH3 is 1. The third kappa shape index (κ3) is 2.33. The van der Waals surface area contributed by atoms with Crippen molar-refractivity contribution < 1.29 is 9.84 Å². The third-order valence-corrected chi connectivity index (χ3v) is 3.41. The Labute approximate surface area is 101 Å². The Balaban J connectivity index is 2.30. The number of halogens is 1. The van der Waals surface area contributed by atoms with E-state index in [9.17, 15) is 5.11 Å². The number of rotatable bonds is 4. The van der Waals surface area contributed by atoms with Crippen molar-refractivity contribution in [3.05, 3.63) is 28.3 Å². The van der Waals surface area contributed by atoms with Crippen LogP contribution in [-0.2, 0) is 12.8 Å². The summed E-state index contributed by atoms with van der Waals surface area (Å²) in [6.07, 6.45) is 3.38. The number of ether oxygens (including phenoxy) is 1. The van der Waals surface area contributed by atoms with Crippen LogP contribution in [0.3, 0.4) is 0 Å². The largest absolute Gasteiger partial charge is 0.495 e. The second-order valence-electron chi connectivity index (χ2n) is 4.52. The fraction of sp³-hybridized carbons (Fsp3) is 0.538. The van der Waals surface area contributed by atoms with Gasteiger partial charge in [0.15, 0.2) is 0 Å². The zero-order chi connectivity index (χ0) is 11.8. The van der Waals surface area contributed by atoms with Crippen LogP contribution in [0.15, 0.2) is 12.1 Å². The summed E-state index contributed by atoms with van der Waals surface area (Å²) in [7, 11) is 1.63. The molecular formula is C13H17ClO2. The van der Waals surface area contributed by atoms with Gasteiger partial charge in [-0.3, -0.25) is 0 Å². The van der Waals surface area contributed by atoms with Crippen molar-refractivity contribution in [2.45, 2.75) is 38.2 Å². The molecule has 0 saturated heterocycles. The normalized spacial score (nSPS) is 17.2. The quantitative estimate of drug-likeness (QED) is 0.877. The minimum atomic E-state index is -0.469. The topological polar surface area (TPSA) is 29.5 Å². The summed E-state index contributed by atoms with van der Waals surface area (Å²) in [4.78, 5) is 0. The molecule has 1 N–H and O–H groups in total. The van der Waals surface area contributed by atoms with E-state index >= 15 is 0 Å². The van der Waals surface area contributed by atoms with Gasteiger partial charge in [0.1, 0.15) is 5.75 Å². The number of hydrogen-bond acceptors (Lipinski definition) is 2. The molecule has 1 aliphatic carbocycles. The monoisotopic (exact) mass is 240 g/mol. The van der Waals surface area contributed by atoms with Crippen LogP contribution in [0.2, 0.25) is 5.02 Å². The van der Waals surface area contributed by atoms with Gasteiger partial charge in [-0.25, -0.2) is 0 Å². The minimum Gasteiger partial charge on any atom is -0.495 e. The first-order valence-corrected chi connectivity index (χ1v) is 6.03. The maximum absolute atomic E-state index is 9.89. The maximum atomic E-state index is 9.89. The summed E-state index contributed by atoms with van der Waals surface area (Å²) in [6.45, 7) is 2.07. The van der Waals surface area contributed by atoms with Crippen molar-refractivity contribution in [3.8, 4) is 5.75 Å². The molecule has 1 aliphatic rings. The predicted octanol–water partition coefficient (Wildman–Crippen LogP) is 2.98. The van der Waals surface area contributed by atoms with Crippen LogP contribution in [-0.4, -0.2) is 17.8 Å². The van der Waals surface area contributed by atoms with Crippen molar-refractivity contribution in [2.75, 3.05) is 7.11 Å². The summed E-state index contributed by atoms with van der Waals surface area (Å²) in [6, 6.07) is 3.98. The molecule has 1 aromatic rings. The van der Waals surface area contributed by atoms with Crippen LogP contribution < -0.4 is 4.74 Å². The molecule has 88 valence electrons. The molecule has 0 bridgehead atoms. The van der Waals surface area contributed by atoms with E-state index in [2.05, 4.69) is 13.0 Å². The van der Waals surface area contributed by atoms with E-state index in [1.54, 1.807) is 7.11 Å². The van der Waals surface area contributed by atoms with Crippen LogP contribution in [0.25, 0.3) is 0 Å². The van der Waals surface area contributed by atoms with E-state index in [1.807, 2.05) is 6.07 Å². The molecule has 0 aromatic heterocycles. The van der Waals surface area contributed by atoms with Gasteiger partial charge in [-0.1, -0.05) is 24.6 Å². The lowest BCUT2D eigenvalue weighted by molar-refractivity contribution is 0.151. The molecule has 0 amide bonds. The zero-order valence-electron chi connectivity index (χ0n) is 9.72. The average Bonchev–Trinajstić information content (AvgIpc) is 2.95. The standard InChI is InChI=1S/C13H17ClO2/c1-3-10-6-9(8-13(15)4-5-13)7-11(14)12(10)16-2/h6-7,15H,3-5,8H2,1-2H3. The Hall–Kier alpha value is -0.730. The van der Waals surface area contributed by atoms with Gasteiger partial charge in [0.2, 0.25) is 0 Å². The van der Waals surface area contributed by atoms with E-state index in [-0.39, 0.29) is 0 Å². The van der Waals surface area contributed by atoms with Crippen molar-refractivity contribution in [1.82, 2.24) is 0 Å². The molecule has 2 nitrogen and oxygen atoms in total. The van der Waals surface area contributed by atoms with Crippen molar-refractivity contribution >= 4 is 11.6 Å². The second kappa shape index (κ2) is 4.27. The van der Waals surface area contributed by atoms with Gasteiger partial charge in [-0.05, 0) is 36.5 Å². The van der Waals surface area contributed by atoms with Crippen LogP contribution in [0, 0.1) is 0 Å². The fourth-order valence-corrected chi connectivity index (χ4v) is 2.35. The highest BCUT2D eigenvalue weighted by Crippen LogP contribution is 2.40. The molecule has 3 heteroatoms. The molecule has 0 radical (unpaired) electrons. The Morgan fingerprint density at radius 3 is 2.62 bits per heavy atom. The smallest absolute Gasteiger partial charge is 0.140 e. The molecule has 1 fully saturated rings. The van der Waals surface area contributed by atoms with Gasteiger partial charge in [0.05, 0.1) is 17.7 Å². The summed E-state index contributed by atoms with van der Waals surface area (Å²) in [5.41, 5.74) is 1.74. The van der Waals surface area contributed by atoms with Crippen molar-refractivity contribution in [2.24, 2.45) is 0 Å². The van der Waals surface area contributed by atoms with Crippen LogP contribution >= 0.6 is 11.6 Å². The highest BCUT2D eigenvalue weighted by atomic mass is 35.5. The van der Waals surface area contributed by atoms with E-state index in [0.29, 0.717) is 11.4 Å². The average molecular weight is 241 g/mol. The first kappa shape index (κ1) is 11.7. The van der Waals surface area contributed by atoms with Gasteiger partial charge in [0, 0.05) is 6.42 Å². The Morgan fingerprint density at radius 2 is 2.12 bits per heavy atom.